The van der Waals surface area contributed by atoms with Crippen molar-refractivity contribution in [3.05, 3.63) is 24.3 Å². The van der Waals surface area contributed by atoms with Gasteiger partial charge in [-0.25, -0.2) is 13.2 Å². The number of benzene rings is 1. The highest BCUT2D eigenvalue weighted by Crippen LogP contribution is 2.26. The molecule has 2 N–H and O–H groups in total. The van der Waals surface area contributed by atoms with Crippen LogP contribution in [-0.4, -0.2) is 40.0 Å². The summed E-state index contributed by atoms with van der Waals surface area (Å²) in [5.41, 5.74) is 0.277. The van der Waals surface area contributed by atoms with E-state index in [1.165, 1.54) is 25.3 Å². The standard InChI is InChI=1S/C17H26N2O4S/c1-13-7-3-5-9-15(13)23-12-11-18-17(20)19-14-8-4-6-10-16(14)24(2,21)22/h4,6,8,10,13,15H,3,5,7,9,11-12H2,1-2H3,(H2,18,19,20). The lowest BCUT2D eigenvalue weighted by molar-refractivity contribution is -0.00232. The molecule has 0 radical (unpaired) electrons. The van der Waals surface area contributed by atoms with E-state index in [9.17, 15) is 13.2 Å². The molecule has 2 rings (SSSR count). The minimum Gasteiger partial charge on any atom is -0.376 e. The number of hydrogen-bond acceptors (Lipinski definition) is 4. The third-order valence-corrected chi connectivity index (χ3v) is 5.44. The third-order valence-electron chi connectivity index (χ3n) is 4.29. The quantitative estimate of drug-likeness (QED) is 0.769. The summed E-state index contributed by atoms with van der Waals surface area (Å²) in [6.45, 7) is 3.04. The number of para-hydroxylation sites is 1. The lowest BCUT2D eigenvalue weighted by atomic mass is 9.88. The summed E-state index contributed by atoms with van der Waals surface area (Å²) in [5, 5.41) is 5.27. The minimum absolute atomic E-state index is 0.104. The Labute approximate surface area is 143 Å². The lowest BCUT2D eigenvalue weighted by Gasteiger charge is -2.28. The first-order valence-electron chi connectivity index (χ1n) is 8.33. The van der Waals surface area contributed by atoms with Crippen LogP contribution in [0.1, 0.15) is 32.6 Å². The summed E-state index contributed by atoms with van der Waals surface area (Å²) >= 11 is 0. The van der Waals surface area contributed by atoms with Crippen LogP contribution in [0.2, 0.25) is 0 Å². The molecule has 0 aromatic heterocycles. The molecule has 7 heteroatoms. The van der Waals surface area contributed by atoms with Crippen LogP contribution < -0.4 is 10.6 Å². The molecular formula is C17H26N2O4S. The van der Waals surface area contributed by atoms with Gasteiger partial charge in [0.05, 0.1) is 23.3 Å². The fraction of sp³-hybridized carbons (Fsp3) is 0.588. The van der Waals surface area contributed by atoms with Gasteiger partial charge in [-0.1, -0.05) is 31.9 Å². The van der Waals surface area contributed by atoms with Gasteiger partial charge in [0.1, 0.15) is 0 Å². The van der Waals surface area contributed by atoms with Crippen molar-refractivity contribution in [2.45, 2.75) is 43.6 Å². The van der Waals surface area contributed by atoms with Gasteiger partial charge in [0.25, 0.3) is 0 Å². The van der Waals surface area contributed by atoms with E-state index in [0.29, 0.717) is 19.1 Å². The topological polar surface area (TPSA) is 84.5 Å². The summed E-state index contributed by atoms with van der Waals surface area (Å²) in [6.07, 6.45) is 6.13. The van der Waals surface area contributed by atoms with Gasteiger partial charge in [-0.05, 0) is 30.9 Å². The molecule has 1 fully saturated rings. The van der Waals surface area contributed by atoms with E-state index in [0.717, 1.165) is 12.7 Å². The number of rotatable bonds is 6. The second-order valence-electron chi connectivity index (χ2n) is 6.32. The van der Waals surface area contributed by atoms with Crippen molar-refractivity contribution in [2.75, 3.05) is 24.7 Å². The second kappa shape index (κ2) is 8.48. The summed E-state index contributed by atoms with van der Waals surface area (Å²) in [7, 11) is -3.39. The van der Waals surface area contributed by atoms with Crippen LogP contribution in [0.4, 0.5) is 10.5 Å². The fourth-order valence-corrected chi connectivity index (χ4v) is 3.81. The van der Waals surface area contributed by atoms with Gasteiger partial charge in [0, 0.05) is 12.8 Å². The monoisotopic (exact) mass is 354 g/mol. The molecule has 2 atom stereocenters. The first-order chi connectivity index (χ1) is 11.4. The van der Waals surface area contributed by atoms with E-state index >= 15 is 0 Å². The molecule has 2 amide bonds. The Hall–Kier alpha value is -1.60. The smallest absolute Gasteiger partial charge is 0.319 e. The molecule has 1 aliphatic rings. The normalized spacial score (nSPS) is 21.2. The average Bonchev–Trinajstić information content (AvgIpc) is 2.52. The predicted octanol–water partition coefficient (Wildman–Crippen LogP) is 2.81. The zero-order valence-corrected chi connectivity index (χ0v) is 15.1. The molecule has 1 aromatic carbocycles. The minimum atomic E-state index is -3.39. The second-order valence-corrected chi connectivity index (χ2v) is 8.30. The maximum Gasteiger partial charge on any atom is 0.319 e. The Bertz CT molecular complexity index is 660. The van der Waals surface area contributed by atoms with E-state index in [2.05, 4.69) is 17.6 Å². The highest BCUT2D eigenvalue weighted by atomic mass is 32.2. The number of carbonyl (C=O) groups is 1. The van der Waals surface area contributed by atoms with E-state index in [-0.39, 0.29) is 16.7 Å². The molecule has 24 heavy (non-hydrogen) atoms. The van der Waals surface area contributed by atoms with Crippen molar-refractivity contribution in [3.63, 3.8) is 0 Å². The predicted molar refractivity (Wildman–Crippen MR) is 93.9 cm³/mol. The number of anilines is 1. The van der Waals surface area contributed by atoms with Gasteiger partial charge >= 0.3 is 6.03 Å². The zero-order valence-electron chi connectivity index (χ0n) is 14.2. The van der Waals surface area contributed by atoms with Crippen LogP contribution >= 0.6 is 0 Å². The molecule has 0 spiro atoms. The Morgan fingerprint density at radius 1 is 1.25 bits per heavy atom. The molecule has 6 nitrogen and oxygen atoms in total. The number of amides is 2. The highest BCUT2D eigenvalue weighted by molar-refractivity contribution is 7.90. The van der Waals surface area contributed by atoms with Crippen molar-refractivity contribution >= 4 is 21.6 Å². The molecule has 0 heterocycles. The summed E-state index contributed by atoms with van der Waals surface area (Å²) in [5.74, 6) is 0.564. The Balaban J connectivity index is 1.78. The Morgan fingerprint density at radius 2 is 1.96 bits per heavy atom. The largest absolute Gasteiger partial charge is 0.376 e. The molecule has 1 aromatic rings. The molecular weight excluding hydrogens is 328 g/mol. The Morgan fingerprint density at radius 3 is 2.67 bits per heavy atom. The van der Waals surface area contributed by atoms with Gasteiger partial charge in [-0.2, -0.15) is 0 Å². The SMILES string of the molecule is CC1CCCCC1OCCNC(=O)Nc1ccccc1S(C)(=O)=O. The number of carbonyl (C=O) groups excluding carboxylic acids is 1. The van der Waals surface area contributed by atoms with Gasteiger partial charge in [0.15, 0.2) is 9.84 Å². The highest BCUT2D eigenvalue weighted by Gasteiger charge is 2.21. The molecule has 1 saturated carbocycles. The fourth-order valence-electron chi connectivity index (χ4n) is 2.96. The number of hydrogen-bond donors (Lipinski definition) is 2. The van der Waals surface area contributed by atoms with Gasteiger partial charge < -0.3 is 15.4 Å². The van der Waals surface area contributed by atoms with Crippen LogP contribution in [0.3, 0.4) is 0 Å². The molecule has 1 aliphatic carbocycles. The number of ether oxygens (including phenoxy) is 1. The number of sulfone groups is 1. The van der Waals surface area contributed by atoms with Crippen LogP contribution in [-0.2, 0) is 14.6 Å². The van der Waals surface area contributed by atoms with Crippen molar-refractivity contribution in [2.24, 2.45) is 5.92 Å². The lowest BCUT2D eigenvalue weighted by Crippen LogP contribution is -2.34. The van der Waals surface area contributed by atoms with E-state index in [4.69, 9.17) is 4.74 Å². The average molecular weight is 354 g/mol. The molecule has 2 unspecified atom stereocenters. The maximum atomic E-state index is 11.9. The van der Waals surface area contributed by atoms with E-state index < -0.39 is 15.9 Å². The number of nitrogens with one attached hydrogen (secondary N) is 2. The van der Waals surface area contributed by atoms with Gasteiger partial charge in [-0.15, -0.1) is 0 Å². The third kappa shape index (κ3) is 5.49. The summed E-state index contributed by atoms with van der Waals surface area (Å²) < 4.78 is 29.3. The summed E-state index contributed by atoms with van der Waals surface area (Å²) in [4.78, 5) is 12.0. The first kappa shape index (κ1) is 18.7. The summed E-state index contributed by atoms with van der Waals surface area (Å²) in [6, 6.07) is 5.90. The van der Waals surface area contributed by atoms with E-state index in [1.807, 2.05) is 0 Å². The molecule has 134 valence electrons. The van der Waals surface area contributed by atoms with Gasteiger partial charge in [-0.3, -0.25) is 0 Å². The molecule has 0 aliphatic heterocycles. The zero-order chi connectivity index (χ0) is 17.6. The van der Waals surface area contributed by atoms with Crippen molar-refractivity contribution < 1.29 is 17.9 Å². The van der Waals surface area contributed by atoms with Crippen LogP contribution in [0.5, 0.6) is 0 Å². The first-order valence-corrected chi connectivity index (χ1v) is 10.2. The van der Waals surface area contributed by atoms with Crippen molar-refractivity contribution in [1.82, 2.24) is 5.32 Å². The van der Waals surface area contributed by atoms with Crippen LogP contribution in [0.25, 0.3) is 0 Å². The van der Waals surface area contributed by atoms with Crippen molar-refractivity contribution in [1.29, 1.82) is 0 Å². The van der Waals surface area contributed by atoms with Crippen LogP contribution in [0, 0.1) is 5.92 Å². The van der Waals surface area contributed by atoms with Crippen molar-refractivity contribution in [3.8, 4) is 0 Å². The number of urea groups is 1. The van der Waals surface area contributed by atoms with Gasteiger partial charge in [0.2, 0.25) is 0 Å². The maximum absolute atomic E-state index is 11.9. The van der Waals surface area contributed by atoms with E-state index in [1.54, 1.807) is 18.2 Å². The molecule has 0 bridgehead atoms. The Kier molecular flexibility index (Phi) is 6.62. The van der Waals surface area contributed by atoms with Crippen LogP contribution in [0.15, 0.2) is 29.2 Å². The molecule has 0 saturated heterocycles.